The molecular formula is C23H15ClFN3O4. The lowest BCUT2D eigenvalue weighted by Gasteiger charge is -2.09. The molecule has 3 rings (SSSR count). The molecular weight excluding hydrogens is 437 g/mol. The number of hydrogen-bond acceptors (Lipinski definition) is 5. The van der Waals surface area contributed by atoms with Gasteiger partial charge in [-0.3, -0.25) is 14.9 Å². The Balaban J connectivity index is 1.67. The minimum absolute atomic E-state index is 0.0703. The summed E-state index contributed by atoms with van der Waals surface area (Å²) in [5, 5.41) is 23.0. The van der Waals surface area contributed by atoms with Crippen molar-refractivity contribution in [2.75, 3.05) is 11.9 Å². The second-order valence-electron chi connectivity index (χ2n) is 6.51. The zero-order valence-corrected chi connectivity index (χ0v) is 17.2. The summed E-state index contributed by atoms with van der Waals surface area (Å²) >= 11 is 6.23. The minimum atomic E-state index is -0.516. The van der Waals surface area contributed by atoms with Crippen LogP contribution in [0.25, 0.3) is 11.6 Å². The van der Waals surface area contributed by atoms with Crippen LogP contribution in [-0.4, -0.2) is 17.4 Å². The van der Waals surface area contributed by atoms with Crippen LogP contribution in [0.1, 0.15) is 11.1 Å². The van der Waals surface area contributed by atoms with Crippen molar-refractivity contribution in [2.45, 2.75) is 0 Å². The summed E-state index contributed by atoms with van der Waals surface area (Å²) in [6.45, 7) is -0.307. The Labute approximate surface area is 187 Å². The fourth-order valence-electron chi connectivity index (χ4n) is 2.71. The van der Waals surface area contributed by atoms with Gasteiger partial charge in [0.25, 0.3) is 11.6 Å². The highest BCUT2D eigenvalue weighted by Gasteiger charge is 2.10. The number of benzene rings is 3. The average Bonchev–Trinajstić information content (AvgIpc) is 2.78. The molecule has 0 fully saturated rings. The van der Waals surface area contributed by atoms with Crippen molar-refractivity contribution >= 4 is 40.5 Å². The summed E-state index contributed by atoms with van der Waals surface area (Å²) in [6, 6.07) is 17.8. The smallest absolute Gasteiger partial charge is 0.269 e. The third-order valence-corrected chi connectivity index (χ3v) is 4.56. The van der Waals surface area contributed by atoms with Gasteiger partial charge in [-0.1, -0.05) is 17.7 Å². The van der Waals surface area contributed by atoms with Crippen molar-refractivity contribution in [1.82, 2.24) is 0 Å². The van der Waals surface area contributed by atoms with Crippen LogP contribution >= 0.6 is 11.6 Å². The minimum Gasteiger partial charge on any atom is -0.482 e. The van der Waals surface area contributed by atoms with Gasteiger partial charge in [-0.25, -0.2) is 4.39 Å². The van der Waals surface area contributed by atoms with E-state index in [2.05, 4.69) is 11.4 Å². The van der Waals surface area contributed by atoms with E-state index in [-0.39, 0.29) is 23.1 Å². The van der Waals surface area contributed by atoms with Crippen LogP contribution in [0, 0.1) is 27.3 Å². The zero-order chi connectivity index (χ0) is 23.1. The lowest BCUT2D eigenvalue weighted by atomic mass is 10.0. The number of nitrogens with one attached hydrogen (secondary N) is 1. The summed E-state index contributed by atoms with van der Waals surface area (Å²) in [5.74, 6) is -0.582. The molecule has 0 spiro atoms. The number of anilines is 1. The highest BCUT2D eigenvalue weighted by Crippen LogP contribution is 2.28. The molecule has 0 saturated carbocycles. The number of allylic oxidation sites excluding steroid dienone is 1. The summed E-state index contributed by atoms with van der Waals surface area (Å²) in [4.78, 5) is 22.3. The topological polar surface area (TPSA) is 105 Å². The molecule has 0 unspecified atom stereocenters. The number of halogens is 2. The van der Waals surface area contributed by atoms with E-state index in [4.69, 9.17) is 16.3 Å². The Morgan fingerprint density at radius 2 is 1.84 bits per heavy atom. The summed E-state index contributed by atoms with van der Waals surface area (Å²) in [6.07, 6.45) is 1.58. The van der Waals surface area contributed by atoms with E-state index in [1.54, 1.807) is 24.3 Å². The van der Waals surface area contributed by atoms with E-state index in [0.717, 1.165) is 0 Å². The maximum atomic E-state index is 12.9. The van der Waals surface area contributed by atoms with E-state index in [0.29, 0.717) is 22.4 Å². The maximum absolute atomic E-state index is 12.9. The highest BCUT2D eigenvalue weighted by atomic mass is 35.5. The molecule has 0 radical (unpaired) electrons. The molecule has 160 valence electrons. The molecule has 7 nitrogen and oxygen atoms in total. The van der Waals surface area contributed by atoms with Gasteiger partial charge in [-0.15, -0.1) is 0 Å². The number of nitro groups is 1. The zero-order valence-electron chi connectivity index (χ0n) is 16.4. The van der Waals surface area contributed by atoms with Gasteiger partial charge >= 0.3 is 0 Å². The summed E-state index contributed by atoms with van der Waals surface area (Å²) in [7, 11) is 0. The number of ether oxygens (including phenoxy) is 1. The number of nitro benzene ring substituents is 1. The Morgan fingerprint density at radius 1 is 1.16 bits per heavy atom. The number of amides is 1. The first-order valence-electron chi connectivity index (χ1n) is 9.20. The van der Waals surface area contributed by atoms with E-state index in [1.165, 1.54) is 48.5 Å². The first-order valence-corrected chi connectivity index (χ1v) is 9.58. The summed E-state index contributed by atoms with van der Waals surface area (Å²) < 4.78 is 18.3. The molecule has 1 amide bonds. The van der Waals surface area contributed by atoms with Crippen LogP contribution in [0.4, 0.5) is 15.8 Å². The number of rotatable bonds is 7. The van der Waals surface area contributed by atoms with E-state index in [9.17, 15) is 24.6 Å². The third-order valence-electron chi connectivity index (χ3n) is 4.26. The molecule has 0 aliphatic carbocycles. The van der Waals surface area contributed by atoms with Crippen molar-refractivity contribution in [3.63, 3.8) is 0 Å². The maximum Gasteiger partial charge on any atom is 0.269 e. The van der Waals surface area contributed by atoms with Gasteiger partial charge in [0.1, 0.15) is 11.6 Å². The van der Waals surface area contributed by atoms with E-state index in [1.807, 2.05) is 0 Å². The first-order chi connectivity index (χ1) is 15.4. The van der Waals surface area contributed by atoms with Gasteiger partial charge in [-0.05, 0) is 65.7 Å². The predicted molar refractivity (Wildman–Crippen MR) is 119 cm³/mol. The highest BCUT2D eigenvalue weighted by molar-refractivity contribution is 6.32. The number of hydrogen-bond donors (Lipinski definition) is 1. The van der Waals surface area contributed by atoms with Gasteiger partial charge in [0.2, 0.25) is 0 Å². The van der Waals surface area contributed by atoms with Crippen molar-refractivity contribution < 1.29 is 18.8 Å². The third kappa shape index (κ3) is 5.90. The normalized spacial score (nSPS) is 10.8. The average molecular weight is 452 g/mol. The summed E-state index contributed by atoms with van der Waals surface area (Å²) in [5.41, 5.74) is 1.78. The van der Waals surface area contributed by atoms with Crippen molar-refractivity contribution in [2.24, 2.45) is 0 Å². The monoisotopic (exact) mass is 451 g/mol. The van der Waals surface area contributed by atoms with Crippen LogP contribution in [0.3, 0.4) is 0 Å². The molecule has 1 N–H and O–H groups in total. The van der Waals surface area contributed by atoms with Crippen molar-refractivity contribution in [3.05, 3.63) is 98.8 Å². The van der Waals surface area contributed by atoms with Crippen LogP contribution in [-0.2, 0) is 4.79 Å². The van der Waals surface area contributed by atoms with E-state index >= 15 is 0 Å². The van der Waals surface area contributed by atoms with Crippen molar-refractivity contribution in [1.29, 1.82) is 5.26 Å². The SMILES string of the molecule is N#C/C(=C\c1ccc(OCC(=O)Nc2ccc(F)cc2)c(Cl)c1)c1ccc([N+](=O)[O-])cc1. The number of non-ortho nitro benzene ring substituents is 1. The Bertz CT molecular complexity index is 1220. The van der Waals surface area contributed by atoms with Crippen LogP contribution in [0.15, 0.2) is 66.7 Å². The fourth-order valence-corrected chi connectivity index (χ4v) is 2.95. The molecule has 3 aromatic rings. The molecule has 0 saturated heterocycles. The molecule has 9 heteroatoms. The second kappa shape index (κ2) is 10.2. The number of carbonyl (C=O) groups excluding carboxylic acids is 1. The fraction of sp³-hybridized carbons (Fsp3) is 0.0435. The van der Waals surface area contributed by atoms with Gasteiger partial charge in [-0.2, -0.15) is 5.26 Å². The number of nitrogens with zero attached hydrogens (tertiary/aromatic N) is 2. The lowest BCUT2D eigenvalue weighted by molar-refractivity contribution is -0.384. The number of carbonyl (C=O) groups is 1. The Kier molecular flexibility index (Phi) is 7.16. The molecule has 0 aliphatic heterocycles. The van der Waals surface area contributed by atoms with Crippen molar-refractivity contribution in [3.8, 4) is 11.8 Å². The van der Waals surface area contributed by atoms with Gasteiger partial charge in [0.05, 0.1) is 21.6 Å². The van der Waals surface area contributed by atoms with Gasteiger partial charge in [0, 0.05) is 17.8 Å². The number of nitriles is 1. The predicted octanol–water partition coefficient (Wildman–Crippen LogP) is 5.47. The molecule has 0 bridgehead atoms. The molecule has 3 aromatic carbocycles. The Morgan fingerprint density at radius 3 is 2.44 bits per heavy atom. The first kappa shape index (κ1) is 22.5. The molecule has 0 aliphatic rings. The van der Waals surface area contributed by atoms with Gasteiger partial charge < -0.3 is 10.1 Å². The standard InChI is InChI=1S/C23H15ClFN3O4/c24-21-12-15(11-17(13-26)16-2-8-20(9-3-16)28(30)31)1-10-22(21)32-14-23(29)27-19-6-4-18(25)5-7-19/h1-12H,14H2,(H,27,29)/b17-11+. The Hall–Kier alpha value is -4.22. The molecule has 32 heavy (non-hydrogen) atoms. The second-order valence-corrected chi connectivity index (χ2v) is 6.91. The quantitative estimate of drug-likeness (QED) is 0.222. The molecule has 0 aromatic heterocycles. The molecule has 0 atom stereocenters. The largest absolute Gasteiger partial charge is 0.482 e. The van der Waals surface area contributed by atoms with Crippen LogP contribution < -0.4 is 10.1 Å². The van der Waals surface area contributed by atoms with Crippen LogP contribution in [0.5, 0.6) is 5.75 Å². The van der Waals surface area contributed by atoms with E-state index < -0.39 is 16.6 Å². The van der Waals surface area contributed by atoms with Gasteiger partial charge in [0.15, 0.2) is 6.61 Å². The van der Waals surface area contributed by atoms with Crippen LogP contribution in [0.2, 0.25) is 5.02 Å². The lowest BCUT2D eigenvalue weighted by Crippen LogP contribution is -2.20. The molecule has 0 heterocycles.